The molecule has 0 atom stereocenters. The number of hydrogen-bond donors (Lipinski definition) is 2. The molecule has 0 amide bonds. The lowest BCUT2D eigenvalue weighted by molar-refractivity contribution is -0.656. The van der Waals surface area contributed by atoms with Crippen molar-refractivity contribution in [2.45, 2.75) is 26.7 Å². The Hall–Kier alpha value is -1.06. The summed E-state index contributed by atoms with van der Waals surface area (Å²) in [6.07, 6.45) is 0. The van der Waals surface area contributed by atoms with E-state index in [4.69, 9.17) is 9.84 Å². The van der Waals surface area contributed by atoms with E-state index in [0.717, 1.165) is 18.8 Å². The lowest BCUT2D eigenvalue weighted by Crippen LogP contribution is -2.86. The first-order valence-corrected chi connectivity index (χ1v) is 6.31. The summed E-state index contributed by atoms with van der Waals surface area (Å²) in [5.74, 6) is 1.49. The highest BCUT2D eigenvalue weighted by Crippen LogP contribution is 2.23. The molecule has 1 aromatic rings. The SMILES string of the molecule is Cc1cc(OCC[NH2+]CCO)ccc1C(C)C. The van der Waals surface area contributed by atoms with E-state index in [-0.39, 0.29) is 6.61 Å². The summed E-state index contributed by atoms with van der Waals surface area (Å²) in [7, 11) is 0. The molecule has 0 aliphatic carbocycles. The van der Waals surface area contributed by atoms with Crippen LogP contribution in [0.3, 0.4) is 0 Å². The molecule has 0 unspecified atom stereocenters. The van der Waals surface area contributed by atoms with Crippen molar-refractivity contribution < 1.29 is 15.2 Å². The highest BCUT2D eigenvalue weighted by Gasteiger charge is 2.04. The molecule has 0 radical (unpaired) electrons. The van der Waals surface area contributed by atoms with Gasteiger partial charge in [0.1, 0.15) is 18.9 Å². The summed E-state index contributed by atoms with van der Waals surface area (Å²) in [4.78, 5) is 0. The van der Waals surface area contributed by atoms with Gasteiger partial charge in [0.05, 0.1) is 13.2 Å². The van der Waals surface area contributed by atoms with Crippen molar-refractivity contribution in [3.05, 3.63) is 29.3 Å². The molecule has 3 nitrogen and oxygen atoms in total. The summed E-state index contributed by atoms with van der Waals surface area (Å²) in [5, 5.41) is 10.7. The van der Waals surface area contributed by atoms with Gasteiger partial charge in [0.25, 0.3) is 0 Å². The van der Waals surface area contributed by atoms with Crippen LogP contribution in [0.25, 0.3) is 0 Å². The number of aryl methyl sites for hydroxylation is 1. The zero-order valence-corrected chi connectivity index (χ0v) is 11.1. The third kappa shape index (κ3) is 4.75. The van der Waals surface area contributed by atoms with Crippen molar-refractivity contribution in [1.82, 2.24) is 0 Å². The van der Waals surface area contributed by atoms with Crippen molar-refractivity contribution in [1.29, 1.82) is 0 Å². The number of hydrogen-bond acceptors (Lipinski definition) is 2. The largest absolute Gasteiger partial charge is 0.488 e. The lowest BCUT2D eigenvalue weighted by Gasteiger charge is -2.12. The zero-order chi connectivity index (χ0) is 12.7. The predicted octanol–water partition coefficient (Wildman–Crippen LogP) is 1.05. The fraction of sp³-hybridized carbons (Fsp3) is 0.571. The van der Waals surface area contributed by atoms with Gasteiger partial charge in [-0.05, 0) is 36.1 Å². The molecule has 96 valence electrons. The summed E-state index contributed by atoms with van der Waals surface area (Å²) >= 11 is 0. The van der Waals surface area contributed by atoms with Gasteiger partial charge in [-0.2, -0.15) is 0 Å². The number of aliphatic hydroxyl groups is 1. The Bertz CT molecular complexity index is 337. The third-order valence-corrected chi connectivity index (χ3v) is 2.79. The number of quaternary nitrogens is 1. The maximum Gasteiger partial charge on any atom is 0.137 e. The number of ether oxygens (including phenoxy) is 1. The quantitative estimate of drug-likeness (QED) is 0.698. The second-order valence-electron chi connectivity index (χ2n) is 4.61. The van der Waals surface area contributed by atoms with Crippen LogP contribution in [0.2, 0.25) is 0 Å². The van der Waals surface area contributed by atoms with Crippen LogP contribution in [0.5, 0.6) is 5.75 Å². The van der Waals surface area contributed by atoms with Gasteiger partial charge in [-0.1, -0.05) is 19.9 Å². The molecule has 0 aromatic heterocycles. The van der Waals surface area contributed by atoms with E-state index < -0.39 is 0 Å². The average molecular weight is 238 g/mol. The molecule has 0 saturated heterocycles. The molecule has 0 fully saturated rings. The second kappa shape index (κ2) is 7.30. The normalized spacial score (nSPS) is 10.9. The Labute approximate surface area is 104 Å². The van der Waals surface area contributed by atoms with E-state index in [1.807, 2.05) is 6.07 Å². The van der Waals surface area contributed by atoms with E-state index in [9.17, 15) is 0 Å². The Kier molecular flexibility index (Phi) is 6.01. The molecular formula is C14H24NO2+. The minimum absolute atomic E-state index is 0.224. The van der Waals surface area contributed by atoms with E-state index in [1.165, 1.54) is 11.1 Å². The molecule has 3 N–H and O–H groups in total. The Balaban J connectivity index is 2.42. The molecule has 0 aliphatic heterocycles. The molecule has 0 saturated carbocycles. The van der Waals surface area contributed by atoms with E-state index in [2.05, 4.69) is 38.2 Å². The van der Waals surface area contributed by atoms with Crippen LogP contribution in [0.4, 0.5) is 0 Å². The monoisotopic (exact) mass is 238 g/mol. The molecule has 1 rings (SSSR count). The Morgan fingerprint density at radius 2 is 2.06 bits per heavy atom. The van der Waals surface area contributed by atoms with Crippen molar-refractivity contribution in [2.75, 3.05) is 26.3 Å². The van der Waals surface area contributed by atoms with Gasteiger partial charge >= 0.3 is 0 Å². The van der Waals surface area contributed by atoms with Gasteiger partial charge in [-0.25, -0.2) is 0 Å². The molecule has 17 heavy (non-hydrogen) atoms. The number of rotatable bonds is 7. The third-order valence-electron chi connectivity index (χ3n) is 2.79. The summed E-state index contributed by atoms with van der Waals surface area (Å²) in [6.45, 7) is 9.06. The van der Waals surface area contributed by atoms with Crippen LogP contribution in [0.15, 0.2) is 18.2 Å². The van der Waals surface area contributed by atoms with Gasteiger partial charge in [0.2, 0.25) is 0 Å². The van der Waals surface area contributed by atoms with E-state index in [0.29, 0.717) is 12.5 Å². The maximum absolute atomic E-state index is 8.63. The Morgan fingerprint density at radius 1 is 1.29 bits per heavy atom. The fourth-order valence-corrected chi connectivity index (χ4v) is 1.88. The maximum atomic E-state index is 8.63. The molecule has 0 heterocycles. The highest BCUT2D eigenvalue weighted by molar-refractivity contribution is 5.36. The van der Waals surface area contributed by atoms with Gasteiger partial charge in [0.15, 0.2) is 0 Å². The number of benzene rings is 1. The molecule has 0 aliphatic rings. The molecule has 1 aromatic carbocycles. The molecule has 3 heteroatoms. The van der Waals surface area contributed by atoms with E-state index >= 15 is 0 Å². The first-order valence-electron chi connectivity index (χ1n) is 6.31. The van der Waals surface area contributed by atoms with Crippen LogP contribution < -0.4 is 10.1 Å². The fourth-order valence-electron chi connectivity index (χ4n) is 1.88. The molecule has 0 bridgehead atoms. The summed E-state index contributed by atoms with van der Waals surface area (Å²) in [6, 6.07) is 6.28. The topological polar surface area (TPSA) is 46.1 Å². The van der Waals surface area contributed by atoms with Crippen LogP contribution in [-0.2, 0) is 0 Å². The van der Waals surface area contributed by atoms with Gasteiger partial charge < -0.3 is 15.2 Å². The second-order valence-corrected chi connectivity index (χ2v) is 4.61. The predicted molar refractivity (Wildman–Crippen MR) is 69.5 cm³/mol. The molecule has 0 spiro atoms. The van der Waals surface area contributed by atoms with Gasteiger partial charge in [0, 0.05) is 0 Å². The van der Waals surface area contributed by atoms with Gasteiger partial charge in [-0.3, -0.25) is 0 Å². The standard InChI is InChI=1S/C14H23NO2/c1-11(2)14-5-4-13(10-12(14)3)17-9-7-15-6-8-16/h4-5,10-11,15-16H,6-9H2,1-3H3/p+1. The molecular weight excluding hydrogens is 214 g/mol. The highest BCUT2D eigenvalue weighted by atomic mass is 16.5. The lowest BCUT2D eigenvalue weighted by atomic mass is 9.98. The summed E-state index contributed by atoms with van der Waals surface area (Å²) < 4.78 is 5.66. The summed E-state index contributed by atoms with van der Waals surface area (Å²) in [5.41, 5.74) is 2.67. The van der Waals surface area contributed by atoms with Crippen LogP contribution >= 0.6 is 0 Å². The Morgan fingerprint density at radius 3 is 2.65 bits per heavy atom. The van der Waals surface area contributed by atoms with E-state index in [1.54, 1.807) is 0 Å². The smallest absolute Gasteiger partial charge is 0.137 e. The van der Waals surface area contributed by atoms with Crippen LogP contribution in [-0.4, -0.2) is 31.4 Å². The van der Waals surface area contributed by atoms with Crippen LogP contribution in [0, 0.1) is 6.92 Å². The van der Waals surface area contributed by atoms with Crippen molar-refractivity contribution in [3.63, 3.8) is 0 Å². The van der Waals surface area contributed by atoms with Crippen LogP contribution in [0.1, 0.15) is 30.9 Å². The van der Waals surface area contributed by atoms with Crippen molar-refractivity contribution in [3.8, 4) is 5.75 Å². The van der Waals surface area contributed by atoms with Crippen molar-refractivity contribution in [2.24, 2.45) is 0 Å². The first kappa shape index (κ1) is 14.0. The minimum Gasteiger partial charge on any atom is -0.488 e. The zero-order valence-electron chi connectivity index (χ0n) is 11.1. The first-order chi connectivity index (χ1) is 8.15. The number of aliphatic hydroxyl groups excluding tert-OH is 1. The van der Waals surface area contributed by atoms with Gasteiger partial charge in [-0.15, -0.1) is 0 Å². The number of nitrogens with two attached hydrogens (primary N) is 1. The van der Waals surface area contributed by atoms with Crippen molar-refractivity contribution >= 4 is 0 Å². The average Bonchev–Trinajstić information content (AvgIpc) is 2.28. The minimum atomic E-state index is 0.224.